The monoisotopic (exact) mass is 372 g/mol. The topological polar surface area (TPSA) is 103 Å². The molecule has 3 atom stereocenters. The van der Waals surface area contributed by atoms with E-state index in [9.17, 15) is 14.4 Å². The molecule has 0 saturated heterocycles. The molecular weight excluding hydrogens is 340 g/mol. The molecule has 1 aliphatic rings. The third-order valence-electron chi connectivity index (χ3n) is 3.54. The number of nitrogens with one attached hydrogen (secondary N) is 2. The molecule has 0 aromatic carbocycles. The molecule has 1 saturated carbocycles. The van der Waals surface area contributed by atoms with Crippen molar-refractivity contribution in [2.75, 3.05) is 0 Å². The molecule has 1 fully saturated rings. The van der Waals surface area contributed by atoms with Crippen LogP contribution in [0, 0.1) is 0 Å². The van der Waals surface area contributed by atoms with Crippen LogP contribution in [0.3, 0.4) is 0 Å². The number of amides is 2. The van der Waals surface area contributed by atoms with Crippen molar-refractivity contribution >= 4 is 18.2 Å². The van der Waals surface area contributed by atoms with Gasteiger partial charge in [-0.3, -0.25) is 4.79 Å². The fraction of sp³-hybridized carbons (Fsp3) is 0.833. The minimum Gasteiger partial charge on any atom is -0.462 e. The first kappa shape index (κ1) is 22.1. The molecule has 1 rings (SSSR count). The zero-order chi connectivity index (χ0) is 20.1. The Morgan fingerprint density at radius 3 is 1.69 bits per heavy atom. The van der Waals surface area contributed by atoms with Gasteiger partial charge < -0.3 is 24.8 Å². The van der Waals surface area contributed by atoms with E-state index in [-0.39, 0.29) is 18.1 Å². The average Bonchev–Trinajstić information content (AvgIpc) is 2.36. The number of hydrogen-bond donors (Lipinski definition) is 2. The van der Waals surface area contributed by atoms with Gasteiger partial charge in [-0.25, -0.2) is 9.59 Å². The lowest BCUT2D eigenvalue weighted by Gasteiger charge is -2.37. The maximum atomic E-state index is 12.1. The minimum absolute atomic E-state index is 0.316. The highest BCUT2D eigenvalue weighted by Crippen LogP contribution is 2.23. The number of carbonyl (C=O) groups is 3. The Labute approximate surface area is 155 Å². The molecule has 2 amide bonds. The maximum Gasteiger partial charge on any atom is 0.407 e. The minimum atomic E-state index is -0.637. The van der Waals surface area contributed by atoms with Crippen LogP contribution in [0.25, 0.3) is 0 Å². The molecule has 1 aliphatic carbocycles. The van der Waals surface area contributed by atoms with Crippen LogP contribution in [0.5, 0.6) is 0 Å². The first-order valence-electron chi connectivity index (χ1n) is 8.91. The molecule has 0 bridgehead atoms. The highest BCUT2D eigenvalue weighted by atomic mass is 16.6. The molecule has 150 valence electrons. The summed E-state index contributed by atoms with van der Waals surface area (Å²) in [6, 6.07) is -0.778. The molecule has 1 unspecified atom stereocenters. The van der Waals surface area contributed by atoms with E-state index < -0.39 is 29.4 Å². The lowest BCUT2D eigenvalue weighted by molar-refractivity contribution is -0.148. The smallest absolute Gasteiger partial charge is 0.407 e. The number of alkyl carbamates (subject to hydrolysis) is 2. The van der Waals surface area contributed by atoms with Crippen LogP contribution in [0.15, 0.2) is 0 Å². The number of esters is 1. The third kappa shape index (κ3) is 8.92. The van der Waals surface area contributed by atoms with Gasteiger partial charge in [0.25, 0.3) is 0 Å². The van der Waals surface area contributed by atoms with Crippen LogP contribution in [-0.4, -0.2) is 47.5 Å². The highest BCUT2D eigenvalue weighted by molar-refractivity contribution is 5.70. The van der Waals surface area contributed by atoms with Gasteiger partial charge >= 0.3 is 18.2 Å². The summed E-state index contributed by atoms with van der Waals surface area (Å²) in [6.45, 7) is 12.0. The van der Waals surface area contributed by atoms with Gasteiger partial charge in [-0.15, -0.1) is 0 Å². The molecule has 2 N–H and O–H groups in total. The van der Waals surface area contributed by atoms with Crippen LogP contribution in [0.4, 0.5) is 9.59 Å². The van der Waals surface area contributed by atoms with Gasteiger partial charge in [-0.1, -0.05) is 0 Å². The van der Waals surface area contributed by atoms with E-state index in [0.717, 1.165) is 0 Å². The second-order valence-corrected chi connectivity index (χ2v) is 8.55. The summed E-state index contributed by atoms with van der Waals surface area (Å²) in [6.07, 6.45) is 0.0687. The van der Waals surface area contributed by atoms with Gasteiger partial charge in [-0.05, 0) is 54.4 Å². The molecule has 0 aliphatic heterocycles. The van der Waals surface area contributed by atoms with E-state index in [1.54, 1.807) is 41.5 Å². The Hall–Kier alpha value is -1.99. The van der Waals surface area contributed by atoms with Crippen molar-refractivity contribution in [1.29, 1.82) is 0 Å². The van der Waals surface area contributed by atoms with Gasteiger partial charge in [-0.2, -0.15) is 0 Å². The predicted molar refractivity (Wildman–Crippen MR) is 95.7 cm³/mol. The van der Waals surface area contributed by atoms with Crippen LogP contribution >= 0.6 is 0 Å². The van der Waals surface area contributed by atoms with Crippen LogP contribution in [-0.2, 0) is 19.0 Å². The van der Waals surface area contributed by atoms with Gasteiger partial charge in [0.15, 0.2) is 0 Å². The van der Waals surface area contributed by atoms with Crippen LogP contribution < -0.4 is 10.6 Å². The van der Waals surface area contributed by atoms with Crippen molar-refractivity contribution in [2.45, 2.75) is 97.1 Å². The molecule has 0 aromatic rings. The largest absolute Gasteiger partial charge is 0.462 e. The predicted octanol–water partition coefficient (Wildman–Crippen LogP) is 2.89. The van der Waals surface area contributed by atoms with Crippen molar-refractivity contribution in [1.82, 2.24) is 10.6 Å². The second kappa shape index (κ2) is 8.60. The fourth-order valence-corrected chi connectivity index (χ4v) is 2.72. The Kier molecular flexibility index (Phi) is 7.29. The maximum absolute atomic E-state index is 12.1. The van der Waals surface area contributed by atoms with E-state index >= 15 is 0 Å². The van der Waals surface area contributed by atoms with Gasteiger partial charge in [0.05, 0.1) is 12.1 Å². The summed E-state index contributed by atoms with van der Waals surface area (Å²) in [5.41, 5.74) is -1.25. The first-order valence-corrected chi connectivity index (χ1v) is 8.91. The van der Waals surface area contributed by atoms with Crippen LogP contribution in [0.2, 0.25) is 0 Å². The molecule has 0 radical (unpaired) electrons. The van der Waals surface area contributed by atoms with Crippen molar-refractivity contribution < 1.29 is 28.6 Å². The summed E-state index contributed by atoms with van der Waals surface area (Å²) in [5, 5.41) is 5.57. The Morgan fingerprint density at radius 2 is 1.27 bits per heavy atom. The zero-order valence-corrected chi connectivity index (χ0v) is 16.8. The van der Waals surface area contributed by atoms with E-state index in [1.165, 1.54) is 6.92 Å². The molecular formula is C18H32N2O6. The Balaban J connectivity index is 2.77. The lowest BCUT2D eigenvalue weighted by Crippen LogP contribution is -2.56. The number of hydrogen-bond acceptors (Lipinski definition) is 6. The Bertz CT molecular complexity index is 521. The number of rotatable bonds is 3. The molecule has 0 aromatic heterocycles. The summed E-state index contributed by atoms with van der Waals surface area (Å²) >= 11 is 0. The average molecular weight is 372 g/mol. The van der Waals surface area contributed by atoms with E-state index in [1.807, 2.05) is 0 Å². The zero-order valence-electron chi connectivity index (χ0n) is 16.8. The number of carbonyl (C=O) groups excluding carboxylic acids is 3. The Morgan fingerprint density at radius 1 is 0.808 bits per heavy atom. The fourth-order valence-electron chi connectivity index (χ4n) is 2.72. The summed E-state index contributed by atoms with van der Waals surface area (Å²) in [4.78, 5) is 35.4. The quantitative estimate of drug-likeness (QED) is 0.583. The van der Waals surface area contributed by atoms with Gasteiger partial charge in [0.1, 0.15) is 17.3 Å². The second-order valence-electron chi connectivity index (χ2n) is 8.55. The standard InChI is InChI=1S/C18H32N2O6/c1-11(21)24-12-8-9-13(19-15(22)25-17(2,3)4)14(10-12)20-16(23)26-18(5,6)7/h12-14H,8-10H2,1-7H3,(H,19,22)(H,20,23)/t12?,13-,14+/m0/s1. The van der Waals surface area contributed by atoms with E-state index in [4.69, 9.17) is 14.2 Å². The molecule has 26 heavy (non-hydrogen) atoms. The SMILES string of the molecule is CC(=O)OC1CC[C@H](NC(=O)OC(C)(C)C)[C@H](NC(=O)OC(C)(C)C)C1. The van der Waals surface area contributed by atoms with Crippen LogP contribution in [0.1, 0.15) is 67.7 Å². The third-order valence-corrected chi connectivity index (χ3v) is 3.54. The van der Waals surface area contributed by atoms with Gasteiger partial charge in [0.2, 0.25) is 0 Å². The van der Waals surface area contributed by atoms with Crippen molar-refractivity contribution in [3.05, 3.63) is 0 Å². The molecule has 0 spiro atoms. The lowest BCUT2D eigenvalue weighted by atomic mass is 9.88. The van der Waals surface area contributed by atoms with Gasteiger partial charge in [0, 0.05) is 13.3 Å². The van der Waals surface area contributed by atoms with Crippen molar-refractivity contribution in [2.24, 2.45) is 0 Å². The van der Waals surface area contributed by atoms with E-state index in [0.29, 0.717) is 19.3 Å². The summed E-state index contributed by atoms with van der Waals surface area (Å²) < 4.78 is 15.8. The first-order chi connectivity index (χ1) is 11.7. The molecule has 8 heteroatoms. The van der Waals surface area contributed by atoms with Crippen molar-refractivity contribution in [3.63, 3.8) is 0 Å². The summed E-state index contributed by atoms with van der Waals surface area (Å²) in [7, 11) is 0. The molecule has 0 heterocycles. The number of ether oxygens (including phenoxy) is 3. The summed E-state index contributed by atoms with van der Waals surface area (Å²) in [5.74, 6) is -0.371. The highest BCUT2D eigenvalue weighted by Gasteiger charge is 2.35. The van der Waals surface area contributed by atoms with Crippen molar-refractivity contribution in [3.8, 4) is 0 Å². The molecule has 8 nitrogen and oxygen atoms in total. The normalized spacial score (nSPS) is 23.6. The van der Waals surface area contributed by atoms with E-state index in [2.05, 4.69) is 10.6 Å².